The predicted molar refractivity (Wildman–Crippen MR) is 155 cm³/mol. The minimum Gasteiger partial charge on any atom is -0.367 e. The summed E-state index contributed by atoms with van der Waals surface area (Å²) in [6, 6.07) is 24.6. The van der Waals surface area contributed by atoms with E-state index in [1.165, 1.54) is 0 Å². The van der Waals surface area contributed by atoms with Gasteiger partial charge in [0.2, 0.25) is 0 Å². The van der Waals surface area contributed by atoms with Crippen molar-refractivity contribution in [1.82, 2.24) is 14.7 Å². The smallest absolute Gasteiger partial charge is 0.254 e. The second-order valence-electron chi connectivity index (χ2n) is 8.31. The van der Waals surface area contributed by atoms with Crippen molar-refractivity contribution in [2.45, 2.75) is 13.1 Å². The van der Waals surface area contributed by atoms with Gasteiger partial charge >= 0.3 is 0 Å². The molecule has 2 aromatic heterocycles. The average molecular weight is 615 g/mol. The summed E-state index contributed by atoms with van der Waals surface area (Å²) in [5, 5.41) is 7.68. The van der Waals surface area contributed by atoms with Crippen molar-refractivity contribution in [3.63, 3.8) is 0 Å². The van der Waals surface area contributed by atoms with Gasteiger partial charge in [-0.2, -0.15) is 0 Å². The number of nitrogens with one attached hydrogen (secondary N) is 2. The number of carbonyl (C=O) groups excluding carboxylic acids is 1. The molecule has 0 bridgehead atoms. The van der Waals surface area contributed by atoms with Gasteiger partial charge in [0.25, 0.3) is 5.91 Å². The van der Waals surface area contributed by atoms with Crippen molar-refractivity contribution in [2.75, 3.05) is 5.32 Å². The number of nitrogens with zero attached hydrogens (tertiary/aromatic N) is 2. The third kappa shape index (κ3) is 5.63. The molecular weight excluding hydrogens is 595 g/mol. The number of carbonyl (C=O) groups is 1. The summed E-state index contributed by atoms with van der Waals surface area (Å²) >= 11 is 22.3. The quantitative estimate of drug-likeness (QED) is 0.194. The molecule has 0 aliphatic heterocycles. The Labute approximate surface area is 237 Å². The highest BCUT2D eigenvalue weighted by Gasteiger charge is 2.14. The highest BCUT2D eigenvalue weighted by Crippen LogP contribution is 2.31. The minimum absolute atomic E-state index is 0.281. The second kappa shape index (κ2) is 11.2. The summed E-state index contributed by atoms with van der Waals surface area (Å²) in [5.74, 6) is 0.578. The van der Waals surface area contributed by atoms with Crippen LogP contribution in [0.3, 0.4) is 0 Å². The molecule has 2 heterocycles. The summed E-state index contributed by atoms with van der Waals surface area (Å²) in [5.41, 5.74) is 4.77. The van der Waals surface area contributed by atoms with Crippen LogP contribution in [0.5, 0.6) is 0 Å². The number of halogens is 4. The normalized spacial score (nSPS) is 11.0. The molecule has 0 saturated heterocycles. The van der Waals surface area contributed by atoms with Crippen LogP contribution in [0.1, 0.15) is 21.5 Å². The van der Waals surface area contributed by atoms with Crippen LogP contribution in [0, 0.1) is 0 Å². The van der Waals surface area contributed by atoms with Gasteiger partial charge in [-0.15, -0.1) is 0 Å². The van der Waals surface area contributed by atoms with Crippen LogP contribution in [0.25, 0.3) is 16.9 Å². The fourth-order valence-electron chi connectivity index (χ4n) is 3.94. The Morgan fingerprint density at radius 1 is 0.838 bits per heavy atom. The standard InChI is InChI=1S/C28H20BrCl3N4O/c29-20-12-13-36-25(14-24(35-27(20)36)19-4-1-2-5-21(19)30)33-15-17-8-10-18(11-9-17)16-34-28(37)26-22(31)6-3-7-23(26)32/h1-14,33H,15-16H2,(H,34,37). The number of rotatable bonds is 7. The van der Waals surface area contributed by atoms with Crippen molar-refractivity contribution in [1.29, 1.82) is 0 Å². The first-order valence-electron chi connectivity index (χ1n) is 11.4. The molecule has 3 aromatic carbocycles. The van der Waals surface area contributed by atoms with Crippen molar-refractivity contribution in [2.24, 2.45) is 0 Å². The lowest BCUT2D eigenvalue weighted by Crippen LogP contribution is -2.23. The van der Waals surface area contributed by atoms with Crippen molar-refractivity contribution < 1.29 is 4.79 Å². The molecule has 0 atom stereocenters. The number of fused-ring (bicyclic) bond motifs is 1. The van der Waals surface area contributed by atoms with E-state index in [1.54, 1.807) is 18.2 Å². The van der Waals surface area contributed by atoms with Gasteiger partial charge in [-0.1, -0.05) is 83.3 Å². The van der Waals surface area contributed by atoms with E-state index >= 15 is 0 Å². The highest BCUT2D eigenvalue weighted by atomic mass is 79.9. The third-order valence-electron chi connectivity index (χ3n) is 5.86. The average Bonchev–Trinajstić information content (AvgIpc) is 3.27. The van der Waals surface area contributed by atoms with E-state index < -0.39 is 0 Å². The van der Waals surface area contributed by atoms with E-state index in [4.69, 9.17) is 39.8 Å². The number of aromatic nitrogens is 2. The summed E-state index contributed by atoms with van der Waals surface area (Å²) in [6.07, 6.45) is 1.96. The minimum atomic E-state index is -0.310. The number of benzene rings is 3. The first kappa shape index (κ1) is 25.6. The number of hydrogen-bond donors (Lipinski definition) is 2. The van der Waals surface area contributed by atoms with Gasteiger partial charge in [-0.05, 0) is 51.3 Å². The molecule has 5 rings (SSSR count). The van der Waals surface area contributed by atoms with Crippen LogP contribution in [-0.4, -0.2) is 15.3 Å². The summed E-state index contributed by atoms with van der Waals surface area (Å²) in [4.78, 5) is 17.3. The van der Waals surface area contributed by atoms with Crippen molar-refractivity contribution >= 4 is 68.1 Å². The lowest BCUT2D eigenvalue weighted by Gasteiger charge is -2.13. The second-order valence-corrected chi connectivity index (χ2v) is 10.4. The maximum absolute atomic E-state index is 12.5. The van der Waals surface area contributed by atoms with Gasteiger partial charge in [0.1, 0.15) is 5.82 Å². The zero-order chi connectivity index (χ0) is 25.9. The Kier molecular flexibility index (Phi) is 7.72. The van der Waals surface area contributed by atoms with Crippen molar-refractivity contribution in [3.05, 3.63) is 121 Å². The first-order chi connectivity index (χ1) is 17.9. The molecule has 0 spiro atoms. The molecule has 9 heteroatoms. The molecule has 0 saturated carbocycles. The van der Waals surface area contributed by atoms with Gasteiger partial charge in [0.15, 0.2) is 5.65 Å². The zero-order valence-electron chi connectivity index (χ0n) is 19.3. The van der Waals surface area contributed by atoms with E-state index in [9.17, 15) is 4.79 Å². The van der Waals surface area contributed by atoms with Gasteiger partial charge in [0, 0.05) is 35.9 Å². The van der Waals surface area contributed by atoms with Crippen LogP contribution in [0.15, 0.2) is 89.5 Å². The van der Waals surface area contributed by atoms with E-state index in [0.717, 1.165) is 38.3 Å². The number of amides is 1. The molecule has 5 aromatic rings. The SMILES string of the molecule is O=C(NCc1ccc(CNc2cc(-c3ccccc3Cl)nc3c(Br)ccn23)cc1)c1c(Cl)cccc1Cl. The molecule has 0 aliphatic carbocycles. The molecule has 186 valence electrons. The fraction of sp³-hybridized carbons (Fsp3) is 0.0714. The van der Waals surface area contributed by atoms with Gasteiger partial charge in [-0.3, -0.25) is 9.20 Å². The maximum atomic E-state index is 12.5. The molecular formula is C28H20BrCl3N4O. The molecule has 2 N–H and O–H groups in total. The lowest BCUT2D eigenvalue weighted by molar-refractivity contribution is 0.0951. The Morgan fingerprint density at radius 2 is 1.49 bits per heavy atom. The van der Waals surface area contributed by atoms with Crippen LogP contribution in [0.4, 0.5) is 5.82 Å². The number of hydrogen-bond acceptors (Lipinski definition) is 3. The summed E-state index contributed by atoms with van der Waals surface area (Å²) in [7, 11) is 0. The largest absolute Gasteiger partial charge is 0.367 e. The maximum Gasteiger partial charge on any atom is 0.254 e. The van der Waals surface area contributed by atoms with Gasteiger partial charge in [0.05, 0.1) is 25.8 Å². The zero-order valence-corrected chi connectivity index (χ0v) is 23.2. The molecule has 5 nitrogen and oxygen atoms in total. The Morgan fingerprint density at radius 3 is 2.19 bits per heavy atom. The summed E-state index contributed by atoms with van der Waals surface area (Å²) < 4.78 is 2.89. The van der Waals surface area contributed by atoms with E-state index in [1.807, 2.05) is 71.3 Å². The molecule has 0 radical (unpaired) electrons. The highest BCUT2D eigenvalue weighted by molar-refractivity contribution is 9.10. The van der Waals surface area contributed by atoms with E-state index in [2.05, 4.69) is 26.6 Å². The predicted octanol–water partition coefficient (Wildman–Crippen LogP) is 8.27. The lowest BCUT2D eigenvalue weighted by atomic mass is 10.1. The molecule has 1 amide bonds. The topological polar surface area (TPSA) is 58.4 Å². The monoisotopic (exact) mass is 612 g/mol. The Bertz CT molecular complexity index is 1580. The third-order valence-corrected chi connectivity index (χ3v) is 7.44. The molecule has 0 aliphatic rings. The molecule has 0 fully saturated rings. The Balaban J connectivity index is 1.29. The van der Waals surface area contributed by atoms with Crippen LogP contribution in [0.2, 0.25) is 15.1 Å². The van der Waals surface area contributed by atoms with Crippen LogP contribution in [-0.2, 0) is 13.1 Å². The Hall–Kier alpha value is -3.03. The number of anilines is 1. The van der Waals surface area contributed by atoms with Gasteiger partial charge < -0.3 is 10.6 Å². The van der Waals surface area contributed by atoms with Crippen molar-refractivity contribution in [3.8, 4) is 11.3 Å². The van der Waals surface area contributed by atoms with Crippen LogP contribution >= 0.6 is 50.7 Å². The first-order valence-corrected chi connectivity index (χ1v) is 13.3. The fourth-order valence-corrected chi connectivity index (χ4v) is 5.14. The van der Waals surface area contributed by atoms with E-state index in [0.29, 0.717) is 28.2 Å². The van der Waals surface area contributed by atoms with E-state index in [-0.39, 0.29) is 11.5 Å². The molecule has 37 heavy (non-hydrogen) atoms. The van der Waals surface area contributed by atoms with Crippen LogP contribution < -0.4 is 10.6 Å². The summed E-state index contributed by atoms with van der Waals surface area (Å²) in [6.45, 7) is 0.955. The molecule has 0 unspecified atom stereocenters. The van der Waals surface area contributed by atoms with Gasteiger partial charge in [-0.25, -0.2) is 4.98 Å².